The van der Waals surface area contributed by atoms with Gasteiger partial charge >= 0.3 is 5.97 Å². The predicted molar refractivity (Wildman–Crippen MR) is 77.0 cm³/mol. The van der Waals surface area contributed by atoms with E-state index in [1.54, 1.807) is 25.1 Å². The van der Waals surface area contributed by atoms with Gasteiger partial charge in [0.1, 0.15) is 0 Å². The summed E-state index contributed by atoms with van der Waals surface area (Å²) in [4.78, 5) is 23.7. The Kier molecular flexibility index (Phi) is 4.04. The third kappa shape index (κ3) is 2.66. The molecule has 1 aromatic carbocycles. The number of carboxylic acid groups (broad SMARTS) is 1. The molecule has 0 spiro atoms. The van der Waals surface area contributed by atoms with Gasteiger partial charge < -0.3 is 10.4 Å². The summed E-state index contributed by atoms with van der Waals surface area (Å²) in [7, 11) is 0. The molecule has 0 radical (unpaired) electrons. The number of hydrogen-bond donors (Lipinski definition) is 2. The number of hydrogen-bond acceptors (Lipinski definition) is 2. The molecule has 1 fully saturated rings. The smallest absolute Gasteiger partial charge is 0.311 e. The van der Waals surface area contributed by atoms with Crippen LogP contribution >= 0.6 is 11.6 Å². The highest BCUT2D eigenvalue weighted by atomic mass is 35.5. The number of carboxylic acids is 1. The lowest BCUT2D eigenvalue weighted by Gasteiger charge is -2.27. The Morgan fingerprint density at radius 2 is 2.15 bits per heavy atom. The highest BCUT2D eigenvalue weighted by Gasteiger charge is 2.45. The lowest BCUT2D eigenvalue weighted by molar-refractivity contribution is -0.148. The van der Waals surface area contributed by atoms with E-state index < -0.39 is 11.4 Å². The summed E-state index contributed by atoms with van der Waals surface area (Å²) in [5.74, 6) is -1.09. The Hall–Kier alpha value is -1.55. The van der Waals surface area contributed by atoms with Crippen molar-refractivity contribution in [3.8, 4) is 0 Å². The molecule has 2 N–H and O–H groups in total. The van der Waals surface area contributed by atoms with Crippen LogP contribution in [-0.2, 0) is 4.79 Å². The van der Waals surface area contributed by atoms with Gasteiger partial charge in [-0.1, -0.05) is 18.0 Å². The van der Waals surface area contributed by atoms with E-state index >= 15 is 0 Å². The zero-order valence-corrected chi connectivity index (χ0v) is 12.3. The summed E-state index contributed by atoms with van der Waals surface area (Å²) in [6.45, 7) is 3.51. The molecule has 0 bridgehead atoms. The van der Waals surface area contributed by atoms with Crippen LogP contribution in [0.25, 0.3) is 0 Å². The Bertz CT molecular complexity index is 558. The van der Waals surface area contributed by atoms with Crippen molar-refractivity contribution in [1.82, 2.24) is 5.32 Å². The lowest BCUT2D eigenvalue weighted by atomic mass is 9.84. The number of aliphatic carboxylic acids is 1. The zero-order valence-electron chi connectivity index (χ0n) is 11.6. The summed E-state index contributed by atoms with van der Waals surface area (Å²) in [5, 5.41) is 12.8. The summed E-state index contributed by atoms with van der Waals surface area (Å²) in [6.07, 6.45) is 2.10. The molecule has 1 aliphatic rings. The molecule has 0 aliphatic heterocycles. The van der Waals surface area contributed by atoms with Gasteiger partial charge in [-0.3, -0.25) is 9.59 Å². The molecule has 5 heteroatoms. The van der Waals surface area contributed by atoms with E-state index in [0.29, 0.717) is 23.4 Å². The van der Waals surface area contributed by atoms with Crippen LogP contribution in [0.5, 0.6) is 0 Å². The van der Waals surface area contributed by atoms with E-state index in [4.69, 9.17) is 11.6 Å². The number of nitrogens with one attached hydrogen (secondary N) is 1. The first-order valence-electron chi connectivity index (χ1n) is 6.65. The first-order valence-corrected chi connectivity index (χ1v) is 7.03. The number of carbonyl (C=O) groups is 2. The van der Waals surface area contributed by atoms with E-state index in [9.17, 15) is 14.7 Å². The predicted octanol–water partition coefficient (Wildman–Crippen LogP) is 3.02. The molecule has 0 aromatic heterocycles. The molecule has 1 saturated carbocycles. The first kappa shape index (κ1) is 14.9. The van der Waals surface area contributed by atoms with Crippen LogP contribution in [0.2, 0.25) is 5.02 Å². The minimum absolute atomic E-state index is 0.237. The summed E-state index contributed by atoms with van der Waals surface area (Å²) in [6, 6.07) is 4.72. The van der Waals surface area contributed by atoms with E-state index in [1.807, 2.05) is 6.92 Å². The number of carbonyl (C=O) groups excluding carboxylic acids is 1. The number of halogens is 1. The van der Waals surface area contributed by atoms with Crippen molar-refractivity contribution in [2.75, 3.05) is 0 Å². The average molecular weight is 296 g/mol. The molecule has 108 valence electrons. The molecule has 0 saturated heterocycles. The third-order valence-corrected chi connectivity index (χ3v) is 4.42. The second kappa shape index (κ2) is 5.44. The molecule has 2 rings (SSSR count). The highest BCUT2D eigenvalue weighted by molar-refractivity contribution is 6.30. The van der Waals surface area contributed by atoms with Crippen LogP contribution in [0.15, 0.2) is 18.2 Å². The molecular formula is C15H18ClNO3. The van der Waals surface area contributed by atoms with E-state index in [2.05, 4.69) is 5.32 Å². The fraction of sp³-hybridized carbons (Fsp3) is 0.467. The maximum Gasteiger partial charge on any atom is 0.311 e. The standard InChI is InChI=1S/C15H18ClNO3/c1-9-8-10(16)5-6-11(9)13(18)17-12-4-3-7-15(12,2)14(19)20/h5-6,8,12H,3-4,7H2,1-2H3,(H,17,18)(H,19,20). The van der Waals surface area contributed by atoms with Crippen molar-refractivity contribution in [3.05, 3.63) is 34.3 Å². The fourth-order valence-corrected chi connectivity index (χ4v) is 3.00. The van der Waals surface area contributed by atoms with E-state index in [0.717, 1.165) is 12.0 Å². The van der Waals surface area contributed by atoms with Gasteiger partial charge in [-0.2, -0.15) is 0 Å². The largest absolute Gasteiger partial charge is 0.481 e. The van der Waals surface area contributed by atoms with Crippen LogP contribution in [0, 0.1) is 12.3 Å². The Morgan fingerprint density at radius 3 is 2.75 bits per heavy atom. The van der Waals surface area contributed by atoms with Crippen molar-refractivity contribution in [2.24, 2.45) is 5.41 Å². The maximum atomic E-state index is 12.3. The molecule has 20 heavy (non-hydrogen) atoms. The first-order chi connectivity index (χ1) is 9.34. The Balaban J connectivity index is 2.17. The topological polar surface area (TPSA) is 66.4 Å². The number of amides is 1. The Labute approximate surface area is 123 Å². The maximum absolute atomic E-state index is 12.3. The third-order valence-electron chi connectivity index (χ3n) is 4.18. The van der Waals surface area contributed by atoms with Gasteiger partial charge in [0, 0.05) is 16.6 Å². The summed E-state index contributed by atoms with van der Waals surface area (Å²) < 4.78 is 0. The van der Waals surface area contributed by atoms with Crippen molar-refractivity contribution < 1.29 is 14.7 Å². The average Bonchev–Trinajstić information content (AvgIpc) is 2.72. The van der Waals surface area contributed by atoms with Crippen molar-refractivity contribution in [2.45, 2.75) is 39.2 Å². The lowest BCUT2D eigenvalue weighted by Crippen LogP contribution is -2.47. The molecule has 2 atom stereocenters. The van der Waals surface area contributed by atoms with Crippen LogP contribution < -0.4 is 5.32 Å². The summed E-state index contributed by atoms with van der Waals surface area (Å²) >= 11 is 5.87. The molecule has 1 aromatic rings. The van der Waals surface area contributed by atoms with Crippen LogP contribution in [0.3, 0.4) is 0 Å². The zero-order chi connectivity index (χ0) is 14.9. The van der Waals surface area contributed by atoms with Crippen molar-refractivity contribution >= 4 is 23.5 Å². The van der Waals surface area contributed by atoms with E-state index in [1.165, 1.54) is 0 Å². The highest BCUT2D eigenvalue weighted by Crippen LogP contribution is 2.38. The van der Waals surface area contributed by atoms with Gasteiger partial charge in [-0.05, 0) is 50.5 Å². The fourth-order valence-electron chi connectivity index (χ4n) is 2.77. The van der Waals surface area contributed by atoms with Gasteiger partial charge in [0.05, 0.1) is 5.41 Å². The minimum Gasteiger partial charge on any atom is -0.481 e. The van der Waals surface area contributed by atoms with Gasteiger partial charge in [0.15, 0.2) is 0 Å². The molecule has 0 heterocycles. The molecule has 4 nitrogen and oxygen atoms in total. The van der Waals surface area contributed by atoms with Crippen molar-refractivity contribution in [3.63, 3.8) is 0 Å². The monoisotopic (exact) mass is 295 g/mol. The van der Waals surface area contributed by atoms with Crippen LogP contribution in [-0.4, -0.2) is 23.0 Å². The molecule has 2 unspecified atom stereocenters. The molecule has 1 aliphatic carbocycles. The minimum atomic E-state index is -0.879. The second-order valence-electron chi connectivity index (χ2n) is 5.60. The van der Waals surface area contributed by atoms with Crippen molar-refractivity contribution in [1.29, 1.82) is 0 Å². The quantitative estimate of drug-likeness (QED) is 0.901. The second-order valence-corrected chi connectivity index (χ2v) is 6.04. The molecular weight excluding hydrogens is 278 g/mol. The molecule has 1 amide bonds. The van der Waals surface area contributed by atoms with E-state index in [-0.39, 0.29) is 11.9 Å². The number of rotatable bonds is 3. The number of aryl methyl sites for hydroxylation is 1. The Morgan fingerprint density at radius 1 is 1.45 bits per heavy atom. The van der Waals surface area contributed by atoms with Crippen LogP contribution in [0.1, 0.15) is 42.1 Å². The normalized spacial score (nSPS) is 25.4. The SMILES string of the molecule is Cc1cc(Cl)ccc1C(=O)NC1CCCC1(C)C(=O)O. The summed E-state index contributed by atoms with van der Waals surface area (Å²) in [5.41, 5.74) is 0.440. The van der Waals surface area contributed by atoms with Gasteiger partial charge in [0.25, 0.3) is 5.91 Å². The van der Waals surface area contributed by atoms with Crippen LogP contribution in [0.4, 0.5) is 0 Å². The van der Waals surface area contributed by atoms with Gasteiger partial charge in [-0.25, -0.2) is 0 Å². The van der Waals surface area contributed by atoms with Gasteiger partial charge in [0.2, 0.25) is 0 Å². The van der Waals surface area contributed by atoms with Gasteiger partial charge in [-0.15, -0.1) is 0 Å². The number of benzene rings is 1.